The number of esters is 1. The highest BCUT2D eigenvalue weighted by Gasteiger charge is 2.27. The van der Waals surface area contributed by atoms with Crippen LogP contribution in [0.3, 0.4) is 0 Å². The summed E-state index contributed by atoms with van der Waals surface area (Å²) in [7, 11) is -3.71. The van der Waals surface area contributed by atoms with Crippen molar-refractivity contribution < 1.29 is 17.9 Å². The van der Waals surface area contributed by atoms with E-state index in [1.165, 1.54) is 0 Å². The molecule has 0 spiro atoms. The molecule has 7 heteroatoms. The van der Waals surface area contributed by atoms with Crippen molar-refractivity contribution in [2.45, 2.75) is 26.8 Å². The van der Waals surface area contributed by atoms with Crippen molar-refractivity contribution in [1.82, 2.24) is 4.31 Å². The predicted molar refractivity (Wildman–Crippen MR) is 57.9 cm³/mol. The molecule has 0 saturated heterocycles. The van der Waals surface area contributed by atoms with Crippen LogP contribution < -0.4 is 0 Å². The van der Waals surface area contributed by atoms with Gasteiger partial charge < -0.3 is 4.74 Å². The van der Waals surface area contributed by atoms with Gasteiger partial charge >= 0.3 is 5.97 Å². The molecule has 0 saturated carbocycles. The first-order valence-corrected chi connectivity index (χ1v) is 6.48. The minimum Gasteiger partial charge on any atom is -0.465 e. The summed E-state index contributed by atoms with van der Waals surface area (Å²) in [6.07, 6.45) is 0. The normalized spacial score (nSPS) is 11.5. The first kappa shape index (κ1) is 14.9. The number of nitriles is 1. The van der Waals surface area contributed by atoms with Crippen LogP contribution in [0, 0.1) is 11.3 Å². The summed E-state index contributed by atoms with van der Waals surface area (Å²) in [5.74, 6) is -1.25. The van der Waals surface area contributed by atoms with E-state index in [1.807, 2.05) is 0 Å². The van der Waals surface area contributed by atoms with Gasteiger partial charge in [-0.05, 0) is 20.8 Å². The molecule has 6 nitrogen and oxygen atoms in total. The Morgan fingerprint density at radius 3 is 2.44 bits per heavy atom. The highest BCUT2D eigenvalue weighted by Crippen LogP contribution is 2.07. The van der Waals surface area contributed by atoms with E-state index in [0.29, 0.717) is 0 Å². The van der Waals surface area contributed by atoms with Gasteiger partial charge in [0.2, 0.25) is 10.0 Å². The molecule has 0 aliphatic carbocycles. The van der Waals surface area contributed by atoms with Gasteiger partial charge in [0.1, 0.15) is 6.54 Å². The molecular formula is C9H16N2O4S. The summed E-state index contributed by atoms with van der Waals surface area (Å²) in [6.45, 7) is 4.75. The molecule has 0 bridgehead atoms. The van der Waals surface area contributed by atoms with Crippen LogP contribution in [-0.2, 0) is 19.6 Å². The largest absolute Gasteiger partial charge is 0.465 e. The summed E-state index contributed by atoms with van der Waals surface area (Å²) in [5.41, 5.74) is 0. The molecule has 0 radical (unpaired) electrons. The van der Waals surface area contributed by atoms with Crippen LogP contribution in [0.1, 0.15) is 20.8 Å². The topological polar surface area (TPSA) is 87.5 Å². The average Bonchev–Trinajstić information content (AvgIpc) is 2.13. The lowest BCUT2D eigenvalue weighted by molar-refractivity contribution is -0.143. The summed E-state index contributed by atoms with van der Waals surface area (Å²) < 4.78 is 28.8. The zero-order valence-corrected chi connectivity index (χ0v) is 10.5. The summed E-state index contributed by atoms with van der Waals surface area (Å²) in [4.78, 5) is 11.2. The second-order valence-corrected chi connectivity index (χ2v) is 5.28. The summed E-state index contributed by atoms with van der Waals surface area (Å²) in [6, 6.07) is 1.18. The maximum atomic E-state index is 11.6. The van der Waals surface area contributed by atoms with Crippen molar-refractivity contribution in [2.75, 3.05) is 18.9 Å². The Balaban J connectivity index is 4.77. The van der Waals surface area contributed by atoms with Gasteiger partial charge in [0.05, 0.1) is 12.7 Å². The third kappa shape index (κ3) is 4.59. The van der Waals surface area contributed by atoms with Crippen molar-refractivity contribution in [1.29, 1.82) is 5.26 Å². The van der Waals surface area contributed by atoms with Crippen LogP contribution in [0.5, 0.6) is 0 Å². The van der Waals surface area contributed by atoms with E-state index in [-0.39, 0.29) is 19.2 Å². The van der Waals surface area contributed by atoms with Crippen LogP contribution in [0.2, 0.25) is 0 Å². The van der Waals surface area contributed by atoms with E-state index in [2.05, 4.69) is 4.74 Å². The van der Waals surface area contributed by atoms with Crippen LogP contribution in [0.4, 0.5) is 0 Å². The minimum atomic E-state index is -3.71. The fourth-order valence-corrected chi connectivity index (χ4v) is 2.37. The summed E-state index contributed by atoms with van der Waals surface area (Å²) >= 11 is 0. The lowest BCUT2D eigenvalue weighted by Crippen LogP contribution is -2.42. The molecule has 0 N–H and O–H groups in total. The quantitative estimate of drug-likeness (QED) is 0.623. The SMILES string of the molecule is CCOC(=O)CN(C(C)C)S(=O)(=O)CC#N. The lowest BCUT2D eigenvalue weighted by Gasteiger charge is -2.23. The number of nitrogens with zero attached hydrogens (tertiary/aromatic N) is 2. The van der Waals surface area contributed by atoms with Crippen molar-refractivity contribution in [3.63, 3.8) is 0 Å². The third-order valence-electron chi connectivity index (χ3n) is 1.77. The van der Waals surface area contributed by atoms with E-state index in [1.54, 1.807) is 26.8 Å². The number of ether oxygens (including phenoxy) is 1. The molecule has 0 aromatic rings. The van der Waals surface area contributed by atoms with Gasteiger partial charge in [-0.3, -0.25) is 4.79 Å². The molecule has 0 aromatic carbocycles. The van der Waals surface area contributed by atoms with Gasteiger partial charge in [0.15, 0.2) is 5.75 Å². The number of sulfonamides is 1. The fourth-order valence-electron chi connectivity index (χ4n) is 1.10. The van der Waals surface area contributed by atoms with Crippen molar-refractivity contribution in [3.8, 4) is 6.07 Å². The highest BCUT2D eigenvalue weighted by atomic mass is 32.2. The molecule has 0 atom stereocenters. The summed E-state index contributed by atoms with van der Waals surface area (Å²) in [5, 5.41) is 8.40. The zero-order valence-electron chi connectivity index (χ0n) is 9.63. The molecule has 0 amide bonds. The molecule has 0 unspecified atom stereocenters. The Morgan fingerprint density at radius 1 is 1.50 bits per heavy atom. The van der Waals surface area contributed by atoms with E-state index in [0.717, 1.165) is 4.31 Å². The van der Waals surface area contributed by atoms with Crippen LogP contribution in [0.25, 0.3) is 0 Å². The monoisotopic (exact) mass is 248 g/mol. The Bertz CT molecular complexity index is 369. The number of carbonyl (C=O) groups excluding carboxylic acids is 1. The molecule has 0 aliphatic rings. The first-order valence-electron chi connectivity index (χ1n) is 4.87. The Labute approximate surface area is 95.8 Å². The van der Waals surface area contributed by atoms with Crippen LogP contribution in [-0.4, -0.2) is 43.6 Å². The van der Waals surface area contributed by atoms with Gasteiger partial charge in [0, 0.05) is 6.04 Å². The molecule has 0 aromatic heterocycles. The van der Waals surface area contributed by atoms with E-state index in [9.17, 15) is 13.2 Å². The van der Waals surface area contributed by atoms with Crippen molar-refractivity contribution in [3.05, 3.63) is 0 Å². The van der Waals surface area contributed by atoms with E-state index < -0.39 is 21.7 Å². The number of rotatable bonds is 6. The molecule has 0 heterocycles. The van der Waals surface area contributed by atoms with Crippen LogP contribution in [0.15, 0.2) is 0 Å². The van der Waals surface area contributed by atoms with Gasteiger partial charge in [-0.2, -0.15) is 9.57 Å². The minimum absolute atomic E-state index is 0.197. The van der Waals surface area contributed by atoms with Gasteiger partial charge in [-0.1, -0.05) is 0 Å². The predicted octanol–water partition coefficient (Wildman–Crippen LogP) is 0.113. The Hall–Kier alpha value is -1.13. The van der Waals surface area contributed by atoms with E-state index >= 15 is 0 Å². The van der Waals surface area contributed by atoms with Gasteiger partial charge in [-0.25, -0.2) is 8.42 Å². The zero-order chi connectivity index (χ0) is 12.8. The number of hydrogen-bond acceptors (Lipinski definition) is 5. The number of carbonyl (C=O) groups is 1. The lowest BCUT2D eigenvalue weighted by atomic mass is 10.4. The molecule has 16 heavy (non-hydrogen) atoms. The second kappa shape index (κ2) is 6.45. The van der Waals surface area contributed by atoms with E-state index in [4.69, 9.17) is 5.26 Å². The first-order chi connectivity index (χ1) is 7.35. The maximum absolute atomic E-state index is 11.6. The molecule has 92 valence electrons. The highest BCUT2D eigenvalue weighted by molar-refractivity contribution is 7.89. The van der Waals surface area contributed by atoms with Gasteiger partial charge in [-0.15, -0.1) is 0 Å². The smallest absolute Gasteiger partial charge is 0.321 e. The molecule has 0 fully saturated rings. The van der Waals surface area contributed by atoms with Gasteiger partial charge in [0.25, 0.3) is 0 Å². The average molecular weight is 248 g/mol. The third-order valence-corrected chi connectivity index (χ3v) is 3.53. The Kier molecular flexibility index (Phi) is 6.00. The molecule has 0 rings (SSSR count). The van der Waals surface area contributed by atoms with Crippen LogP contribution >= 0.6 is 0 Å². The fraction of sp³-hybridized carbons (Fsp3) is 0.778. The molecule has 0 aliphatic heterocycles. The standard InChI is InChI=1S/C9H16N2O4S/c1-4-15-9(12)7-11(8(2)3)16(13,14)6-5-10/h8H,4,6-7H2,1-3H3. The second-order valence-electron chi connectivity index (χ2n) is 3.36. The van der Waals surface area contributed by atoms with Crippen molar-refractivity contribution in [2.24, 2.45) is 0 Å². The maximum Gasteiger partial charge on any atom is 0.321 e. The number of hydrogen-bond donors (Lipinski definition) is 0. The Morgan fingerprint density at radius 2 is 2.06 bits per heavy atom. The molecular weight excluding hydrogens is 232 g/mol. The van der Waals surface area contributed by atoms with Crippen molar-refractivity contribution >= 4 is 16.0 Å².